The van der Waals surface area contributed by atoms with Crippen LogP contribution < -0.4 is 10.9 Å². The van der Waals surface area contributed by atoms with Crippen molar-refractivity contribution in [3.63, 3.8) is 0 Å². The molecule has 0 aliphatic carbocycles. The molecule has 2 aromatic carbocycles. The van der Waals surface area contributed by atoms with Gasteiger partial charge in [0, 0.05) is 47.8 Å². The maximum Gasteiger partial charge on any atom is 0.338 e. The fraction of sp³-hybridized carbons (Fsp3) is 0.105. The van der Waals surface area contributed by atoms with Crippen molar-refractivity contribution < 1.29 is 23.7 Å². The lowest BCUT2D eigenvalue weighted by Crippen LogP contribution is -2.09. The quantitative estimate of drug-likeness (QED) is 0.311. The van der Waals surface area contributed by atoms with Gasteiger partial charge in [-0.05, 0) is 18.2 Å². The van der Waals surface area contributed by atoms with E-state index in [1.54, 1.807) is 12.1 Å². The fourth-order valence-electron chi connectivity index (χ4n) is 2.60. The average Bonchev–Trinajstić information content (AvgIpc) is 2.65. The molecule has 9 heteroatoms. The van der Waals surface area contributed by atoms with Crippen molar-refractivity contribution in [2.24, 2.45) is 0 Å². The van der Waals surface area contributed by atoms with Gasteiger partial charge in [0.15, 0.2) is 0 Å². The van der Waals surface area contributed by atoms with Crippen LogP contribution in [0.3, 0.4) is 0 Å². The first-order valence-electron chi connectivity index (χ1n) is 8.09. The summed E-state index contributed by atoms with van der Waals surface area (Å²) in [5.74, 6) is -1.04. The molecule has 0 saturated carbocycles. The minimum Gasteiger partial charge on any atom is -0.457 e. The summed E-state index contributed by atoms with van der Waals surface area (Å²) in [5, 5.41) is 13.9. The van der Waals surface area contributed by atoms with Crippen LogP contribution in [-0.2, 0) is 16.1 Å². The molecule has 0 saturated heterocycles. The number of hydrogen-bond acceptors (Lipinski definition) is 7. The summed E-state index contributed by atoms with van der Waals surface area (Å²) >= 11 is 0. The number of hydrogen-bond donors (Lipinski definition) is 1. The van der Waals surface area contributed by atoms with Gasteiger partial charge in [-0.15, -0.1) is 0 Å². The molecule has 0 atom stereocenters. The first-order valence-corrected chi connectivity index (χ1v) is 8.09. The molecule has 0 aliphatic rings. The molecule has 0 aliphatic heterocycles. The van der Waals surface area contributed by atoms with Crippen LogP contribution in [-0.4, -0.2) is 16.8 Å². The van der Waals surface area contributed by atoms with Crippen LogP contribution in [0.4, 0.5) is 11.4 Å². The number of ether oxygens (including phenoxy) is 1. The highest BCUT2D eigenvalue weighted by molar-refractivity contribution is 5.92. The normalized spacial score (nSPS) is 10.5. The Labute approximate surface area is 157 Å². The van der Waals surface area contributed by atoms with E-state index in [2.05, 4.69) is 5.32 Å². The first kappa shape index (κ1) is 18.8. The molecule has 28 heavy (non-hydrogen) atoms. The molecule has 0 unspecified atom stereocenters. The molecule has 1 heterocycles. The topological polar surface area (TPSA) is 129 Å². The van der Waals surface area contributed by atoms with E-state index >= 15 is 0 Å². The van der Waals surface area contributed by atoms with E-state index in [4.69, 9.17) is 9.15 Å². The van der Waals surface area contributed by atoms with Gasteiger partial charge < -0.3 is 14.5 Å². The predicted octanol–water partition coefficient (Wildman–Crippen LogP) is 3.02. The Balaban J connectivity index is 1.85. The second-order valence-corrected chi connectivity index (χ2v) is 5.87. The zero-order valence-corrected chi connectivity index (χ0v) is 14.6. The SMILES string of the molecule is CC(=O)Nc1ccc2c(COC(=O)c3cccc([N+](=O)[O-])c3)cc(=O)oc2c1. The smallest absolute Gasteiger partial charge is 0.338 e. The van der Waals surface area contributed by atoms with Gasteiger partial charge in [0.05, 0.1) is 10.5 Å². The van der Waals surface area contributed by atoms with E-state index in [1.165, 1.54) is 37.3 Å². The minimum atomic E-state index is -0.764. The Bertz CT molecular complexity index is 1150. The Morgan fingerprint density at radius 1 is 1.18 bits per heavy atom. The van der Waals surface area contributed by atoms with Gasteiger partial charge in [0.1, 0.15) is 12.2 Å². The lowest BCUT2D eigenvalue weighted by Gasteiger charge is -2.09. The van der Waals surface area contributed by atoms with Crippen molar-refractivity contribution >= 4 is 34.2 Å². The van der Waals surface area contributed by atoms with Gasteiger partial charge in [-0.3, -0.25) is 14.9 Å². The molecule has 3 rings (SSSR count). The molecule has 9 nitrogen and oxygen atoms in total. The number of nitro benzene ring substituents is 1. The van der Waals surface area contributed by atoms with Crippen molar-refractivity contribution in [2.75, 3.05) is 5.32 Å². The van der Waals surface area contributed by atoms with Crippen molar-refractivity contribution in [2.45, 2.75) is 13.5 Å². The van der Waals surface area contributed by atoms with Crippen LogP contribution in [0.5, 0.6) is 0 Å². The van der Waals surface area contributed by atoms with E-state index in [1.807, 2.05) is 0 Å². The summed E-state index contributed by atoms with van der Waals surface area (Å²) in [6.45, 7) is 1.12. The third kappa shape index (κ3) is 4.21. The number of nitro groups is 1. The summed E-state index contributed by atoms with van der Waals surface area (Å²) in [5.41, 5.74) is 0.225. The van der Waals surface area contributed by atoms with Crippen molar-refractivity contribution in [3.05, 3.63) is 80.2 Å². The van der Waals surface area contributed by atoms with Gasteiger partial charge in [-0.1, -0.05) is 6.07 Å². The highest BCUT2D eigenvalue weighted by atomic mass is 16.6. The summed E-state index contributed by atoms with van der Waals surface area (Å²) in [6, 6.07) is 11.1. The average molecular weight is 382 g/mol. The van der Waals surface area contributed by atoms with E-state index in [9.17, 15) is 24.5 Å². The molecular formula is C19H14N2O7. The van der Waals surface area contributed by atoms with Crippen LogP contribution in [0.15, 0.2) is 57.7 Å². The summed E-state index contributed by atoms with van der Waals surface area (Å²) in [7, 11) is 0. The molecule has 1 aromatic heterocycles. The van der Waals surface area contributed by atoms with E-state index in [0.29, 0.717) is 16.6 Å². The van der Waals surface area contributed by atoms with Gasteiger partial charge >= 0.3 is 11.6 Å². The van der Waals surface area contributed by atoms with Crippen LogP contribution >= 0.6 is 0 Å². The van der Waals surface area contributed by atoms with Gasteiger partial charge in [-0.2, -0.15) is 0 Å². The van der Waals surface area contributed by atoms with Crippen LogP contribution in [0, 0.1) is 10.1 Å². The van der Waals surface area contributed by atoms with E-state index in [-0.39, 0.29) is 29.3 Å². The lowest BCUT2D eigenvalue weighted by molar-refractivity contribution is -0.384. The lowest BCUT2D eigenvalue weighted by atomic mass is 10.1. The highest BCUT2D eigenvalue weighted by Crippen LogP contribution is 2.22. The third-order valence-corrected chi connectivity index (χ3v) is 3.80. The number of rotatable bonds is 5. The second kappa shape index (κ2) is 7.70. The Kier molecular flexibility index (Phi) is 5.16. The molecule has 1 amide bonds. The molecule has 0 bridgehead atoms. The number of fused-ring (bicyclic) bond motifs is 1. The number of nitrogens with zero attached hydrogens (tertiary/aromatic N) is 1. The zero-order valence-electron chi connectivity index (χ0n) is 14.6. The monoisotopic (exact) mass is 382 g/mol. The maximum atomic E-state index is 12.2. The zero-order chi connectivity index (χ0) is 20.3. The minimum absolute atomic E-state index is 0.0226. The number of amides is 1. The van der Waals surface area contributed by atoms with Gasteiger partial charge in [0.25, 0.3) is 5.69 Å². The van der Waals surface area contributed by atoms with E-state index in [0.717, 1.165) is 6.07 Å². The molecular weight excluding hydrogens is 368 g/mol. The number of carbonyl (C=O) groups excluding carboxylic acids is 2. The largest absolute Gasteiger partial charge is 0.457 e. The first-order chi connectivity index (χ1) is 13.3. The predicted molar refractivity (Wildman–Crippen MR) is 99.0 cm³/mol. The molecule has 0 spiro atoms. The van der Waals surface area contributed by atoms with Crippen molar-refractivity contribution in [1.82, 2.24) is 0 Å². The van der Waals surface area contributed by atoms with Gasteiger partial charge in [-0.25, -0.2) is 9.59 Å². The third-order valence-electron chi connectivity index (χ3n) is 3.80. The van der Waals surface area contributed by atoms with Crippen LogP contribution in [0.1, 0.15) is 22.8 Å². The number of non-ortho nitro benzene ring substituents is 1. The van der Waals surface area contributed by atoms with Crippen molar-refractivity contribution in [1.29, 1.82) is 0 Å². The summed E-state index contributed by atoms with van der Waals surface area (Å²) in [6.07, 6.45) is 0. The molecule has 0 fully saturated rings. The second-order valence-electron chi connectivity index (χ2n) is 5.87. The Hall–Kier alpha value is -4.01. The fourth-order valence-corrected chi connectivity index (χ4v) is 2.60. The highest BCUT2D eigenvalue weighted by Gasteiger charge is 2.14. The maximum absolute atomic E-state index is 12.2. The van der Waals surface area contributed by atoms with E-state index < -0.39 is 16.5 Å². The Morgan fingerprint density at radius 3 is 2.68 bits per heavy atom. The summed E-state index contributed by atoms with van der Waals surface area (Å²) < 4.78 is 10.3. The molecule has 142 valence electrons. The van der Waals surface area contributed by atoms with Gasteiger partial charge in [0.2, 0.25) is 5.91 Å². The molecule has 0 radical (unpaired) electrons. The number of anilines is 1. The Morgan fingerprint density at radius 2 is 1.96 bits per heavy atom. The van der Waals surface area contributed by atoms with Crippen molar-refractivity contribution in [3.8, 4) is 0 Å². The standard InChI is InChI=1S/C19H14N2O7/c1-11(22)20-14-5-6-16-13(8-18(23)28-17(16)9-14)10-27-19(24)12-3-2-4-15(7-12)21(25)26/h2-9H,10H2,1H3,(H,20,22). The number of benzene rings is 2. The van der Waals surface area contributed by atoms with Crippen LogP contribution in [0.2, 0.25) is 0 Å². The number of carbonyl (C=O) groups is 2. The number of nitrogens with one attached hydrogen (secondary N) is 1. The van der Waals surface area contributed by atoms with Crippen LogP contribution in [0.25, 0.3) is 11.0 Å². The number of esters is 1. The summed E-state index contributed by atoms with van der Waals surface area (Å²) in [4.78, 5) is 45.4. The molecule has 3 aromatic rings. The molecule has 1 N–H and O–H groups in total.